The maximum absolute atomic E-state index is 12.0. The van der Waals surface area contributed by atoms with Crippen molar-refractivity contribution in [3.05, 3.63) is 40.4 Å². The number of hydrogen-bond acceptors (Lipinski definition) is 5. The molecule has 1 aliphatic rings. The minimum atomic E-state index is -0.220. The zero-order chi connectivity index (χ0) is 17.6. The molecular formula is C18H22ClN3O2S. The first-order chi connectivity index (χ1) is 12.1. The monoisotopic (exact) mass is 379 g/mol. The summed E-state index contributed by atoms with van der Waals surface area (Å²) in [7, 11) is 0. The lowest BCUT2D eigenvalue weighted by Crippen LogP contribution is -2.36. The summed E-state index contributed by atoms with van der Waals surface area (Å²) in [5.41, 5.74) is 0. The molecule has 1 N–H and O–H groups in total. The Morgan fingerprint density at radius 3 is 2.96 bits per heavy atom. The van der Waals surface area contributed by atoms with Crippen LogP contribution in [0.2, 0.25) is 5.02 Å². The summed E-state index contributed by atoms with van der Waals surface area (Å²) in [4.78, 5) is 19.9. The van der Waals surface area contributed by atoms with Gasteiger partial charge in [-0.1, -0.05) is 18.0 Å². The number of aromatic nitrogens is 1. The van der Waals surface area contributed by atoms with Crippen LogP contribution < -0.4 is 10.1 Å². The Hall–Kier alpha value is -1.63. The van der Waals surface area contributed by atoms with Crippen LogP contribution in [0, 0.1) is 0 Å². The molecule has 1 fully saturated rings. The molecule has 7 heteroatoms. The number of nitrogens with one attached hydrogen (secondary N) is 1. The molecule has 0 radical (unpaired) electrons. The summed E-state index contributed by atoms with van der Waals surface area (Å²) >= 11 is 7.34. The van der Waals surface area contributed by atoms with Gasteiger partial charge < -0.3 is 4.74 Å². The number of carbonyl (C=O) groups is 1. The van der Waals surface area contributed by atoms with Crippen LogP contribution in [0.1, 0.15) is 31.1 Å². The minimum Gasteiger partial charge on any atom is -0.484 e. The van der Waals surface area contributed by atoms with E-state index in [4.69, 9.17) is 16.3 Å². The van der Waals surface area contributed by atoms with E-state index in [0.717, 1.165) is 13.1 Å². The molecule has 0 aliphatic carbocycles. The number of halogens is 1. The van der Waals surface area contributed by atoms with Crippen LogP contribution in [-0.4, -0.2) is 35.0 Å². The summed E-state index contributed by atoms with van der Waals surface area (Å²) in [6, 6.07) is 7.53. The number of thiazole rings is 1. The lowest BCUT2D eigenvalue weighted by atomic mass is 10.0. The average molecular weight is 380 g/mol. The van der Waals surface area contributed by atoms with Crippen LogP contribution >= 0.6 is 22.9 Å². The Kier molecular flexibility index (Phi) is 6.29. The summed E-state index contributed by atoms with van der Waals surface area (Å²) in [5, 5.41) is 4.04. The Balaban J connectivity index is 1.47. The molecule has 2 aromatic rings. The predicted molar refractivity (Wildman–Crippen MR) is 101 cm³/mol. The van der Waals surface area contributed by atoms with Crippen molar-refractivity contribution >= 4 is 34.0 Å². The van der Waals surface area contributed by atoms with E-state index in [-0.39, 0.29) is 12.5 Å². The summed E-state index contributed by atoms with van der Waals surface area (Å²) in [5.74, 6) is 0.389. The first-order valence-corrected chi connectivity index (χ1v) is 9.66. The molecule has 0 spiro atoms. The lowest BCUT2D eigenvalue weighted by molar-refractivity contribution is -0.118. The number of anilines is 1. The number of likely N-dealkylation sites (tertiary alicyclic amines) is 1. The van der Waals surface area contributed by atoms with Crippen molar-refractivity contribution in [2.24, 2.45) is 0 Å². The smallest absolute Gasteiger partial charge is 0.264 e. The Morgan fingerprint density at radius 1 is 1.40 bits per heavy atom. The highest BCUT2D eigenvalue weighted by atomic mass is 35.5. The van der Waals surface area contributed by atoms with Crippen LogP contribution in [0.15, 0.2) is 30.5 Å². The van der Waals surface area contributed by atoms with Gasteiger partial charge in [0.15, 0.2) is 11.7 Å². The summed E-state index contributed by atoms with van der Waals surface area (Å²) < 4.78 is 5.44. The standard InChI is InChI=1S/C18H22ClN3O2S/c1-13-4-2-3-9-22(13)11-16-10-20-18(25-16)21-17(23)12-24-15-7-5-14(19)6-8-15/h5-8,10,13H,2-4,9,11-12H2,1H3,(H,20,21,23). The molecular weight excluding hydrogens is 358 g/mol. The van der Waals surface area contributed by atoms with E-state index in [9.17, 15) is 4.79 Å². The van der Waals surface area contributed by atoms with E-state index in [0.29, 0.717) is 21.9 Å². The van der Waals surface area contributed by atoms with Gasteiger partial charge in [0.1, 0.15) is 5.75 Å². The van der Waals surface area contributed by atoms with Gasteiger partial charge >= 0.3 is 0 Å². The zero-order valence-corrected chi connectivity index (χ0v) is 15.8. The van der Waals surface area contributed by atoms with Crippen molar-refractivity contribution in [2.75, 3.05) is 18.5 Å². The van der Waals surface area contributed by atoms with Gasteiger partial charge in [-0.2, -0.15) is 0 Å². The van der Waals surface area contributed by atoms with E-state index >= 15 is 0 Å². The molecule has 1 aromatic carbocycles. The van der Waals surface area contributed by atoms with Gasteiger partial charge in [-0.15, -0.1) is 11.3 Å². The lowest BCUT2D eigenvalue weighted by Gasteiger charge is -2.32. The number of benzene rings is 1. The zero-order valence-electron chi connectivity index (χ0n) is 14.2. The minimum absolute atomic E-state index is 0.0558. The van der Waals surface area contributed by atoms with E-state index in [1.54, 1.807) is 24.3 Å². The van der Waals surface area contributed by atoms with Gasteiger partial charge in [-0.05, 0) is 50.6 Å². The fraction of sp³-hybridized carbons (Fsp3) is 0.444. The topological polar surface area (TPSA) is 54.5 Å². The van der Waals surface area contributed by atoms with Crippen molar-refractivity contribution in [3.8, 4) is 5.75 Å². The number of amides is 1. The molecule has 2 heterocycles. The summed E-state index contributed by atoms with van der Waals surface area (Å²) in [6.07, 6.45) is 5.68. The van der Waals surface area contributed by atoms with E-state index in [2.05, 4.69) is 22.1 Å². The Bertz CT molecular complexity index is 705. The highest BCUT2D eigenvalue weighted by Crippen LogP contribution is 2.24. The molecule has 5 nitrogen and oxygen atoms in total. The molecule has 1 amide bonds. The molecule has 1 saturated heterocycles. The molecule has 1 unspecified atom stereocenters. The molecule has 1 aromatic heterocycles. The Labute approximate surface area is 157 Å². The quantitative estimate of drug-likeness (QED) is 0.817. The van der Waals surface area contributed by atoms with Gasteiger partial charge in [0.05, 0.1) is 0 Å². The molecule has 1 atom stereocenters. The molecule has 0 bridgehead atoms. The van der Waals surface area contributed by atoms with Gasteiger partial charge in [-0.25, -0.2) is 4.98 Å². The molecule has 134 valence electrons. The number of hydrogen-bond donors (Lipinski definition) is 1. The third-order valence-electron chi connectivity index (χ3n) is 4.28. The van der Waals surface area contributed by atoms with Crippen LogP contribution in [0.5, 0.6) is 5.75 Å². The molecule has 1 aliphatic heterocycles. The van der Waals surface area contributed by atoms with Gasteiger partial charge in [0, 0.05) is 28.7 Å². The number of ether oxygens (including phenoxy) is 1. The maximum Gasteiger partial charge on any atom is 0.264 e. The number of rotatable bonds is 6. The Morgan fingerprint density at radius 2 is 2.20 bits per heavy atom. The van der Waals surface area contributed by atoms with Crippen molar-refractivity contribution < 1.29 is 9.53 Å². The van der Waals surface area contributed by atoms with Crippen molar-refractivity contribution in [1.82, 2.24) is 9.88 Å². The number of nitrogens with zero attached hydrogens (tertiary/aromatic N) is 2. The SMILES string of the molecule is CC1CCCCN1Cc1cnc(NC(=O)COc2ccc(Cl)cc2)s1. The van der Waals surface area contributed by atoms with Crippen molar-refractivity contribution in [1.29, 1.82) is 0 Å². The van der Waals surface area contributed by atoms with E-state index in [1.165, 1.54) is 35.5 Å². The van der Waals surface area contributed by atoms with Crippen LogP contribution in [0.3, 0.4) is 0 Å². The molecule has 3 rings (SSSR count). The highest BCUT2D eigenvalue weighted by Gasteiger charge is 2.19. The first-order valence-electron chi connectivity index (χ1n) is 8.47. The van der Waals surface area contributed by atoms with Gasteiger partial charge in [0.25, 0.3) is 5.91 Å². The van der Waals surface area contributed by atoms with Crippen LogP contribution in [0.4, 0.5) is 5.13 Å². The highest BCUT2D eigenvalue weighted by molar-refractivity contribution is 7.15. The van der Waals surface area contributed by atoms with E-state index < -0.39 is 0 Å². The fourth-order valence-corrected chi connectivity index (χ4v) is 3.85. The second-order valence-electron chi connectivity index (χ2n) is 6.24. The third kappa shape index (κ3) is 5.42. The molecule has 25 heavy (non-hydrogen) atoms. The molecule has 0 saturated carbocycles. The summed E-state index contributed by atoms with van der Waals surface area (Å²) in [6.45, 7) is 4.25. The second-order valence-corrected chi connectivity index (χ2v) is 7.79. The largest absolute Gasteiger partial charge is 0.484 e. The normalized spacial score (nSPS) is 18.1. The van der Waals surface area contributed by atoms with E-state index in [1.807, 2.05) is 6.20 Å². The van der Waals surface area contributed by atoms with Crippen molar-refractivity contribution in [2.45, 2.75) is 38.8 Å². The van der Waals surface area contributed by atoms with Crippen LogP contribution in [0.25, 0.3) is 0 Å². The number of carbonyl (C=O) groups excluding carboxylic acids is 1. The van der Waals surface area contributed by atoms with Crippen LogP contribution in [-0.2, 0) is 11.3 Å². The van der Waals surface area contributed by atoms with Gasteiger partial charge in [-0.3, -0.25) is 15.0 Å². The van der Waals surface area contributed by atoms with Crippen molar-refractivity contribution in [3.63, 3.8) is 0 Å². The van der Waals surface area contributed by atoms with Gasteiger partial charge in [0.2, 0.25) is 0 Å². The second kappa shape index (κ2) is 8.65. The maximum atomic E-state index is 12.0. The average Bonchev–Trinajstić information content (AvgIpc) is 3.03. The predicted octanol–water partition coefficient (Wildman–Crippen LogP) is 4.19. The first kappa shape index (κ1) is 18.2. The fourth-order valence-electron chi connectivity index (χ4n) is 2.87. The third-order valence-corrected chi connectivity index (χ3v) is 5.43. The number of piperidine rings is 1.